The second-order valence-corrected chi connectivity index (χ2v) is 18.7. The van der Waals surface area contributed by atoms with Crippen LogP contribution >= 0.6 is 24.0 Å². The van der Waals surface area contributed by atoms with Gasteiger partial charge in [-0.05, 0) is 187 Å². The Morgan fingerprint density at radius 2 is 1.13 bits per heavy atom. The molecule has 448 valence electrons. The summed E-state index contributed by atoms with van der Waals surface area (Å²) in [6.45, 7) is 19.0. The number of aromatic nitrogens is 6. The molecule has 0 amide bonds. The highest BCUT2D eigenvalue weighted by molar-refractivity contribution is 8.13. The van der Waals surface area contributed by atoms with Gasteiger partial charge in [-0.2, -0.15) is 10.4 Å². The number of aromatic amines is 1. The molecular weight excluding hydrogens is 1110 g/mol. The first kappa shape index (κ1) is 74.6. The van der Waals surface area contributed by atoms with Crippen LogP contribution in [0.5, 0.6) is 28.7 Å². The molecule has 0 aliphatic carbocycles. The Morgan fingerprint density at radius 1 is 0.690 bits per heavy atom. The number of ether oxygens (including phenoxy) is 7. The Kier molecular flexibility index (Phi) is 36.9. The van der Waals surface area contributed by atoms with Crippen LogP contribution in [0.25, 0.3) is 29.0 Å². The van der Waals surface area contributed by atoms with Crippen molar-refractivity contribution in [3.05, 3.63) is 154 Å². The van der Waals surface area contributed by atoms with Crippen molar-refractivity contribution in [3.63, 3.8) is 0 Å². The van der Waals surface area contributed by atoms with Crippen molar-refractivity contribution in [1.29, 1.82) is 10.7 Å². The van der Waals surface area contributed by atoms with Gasteiger partial charge in [-0.15, -0.1) is 23.3 Å². The number of carbonyl (C=O) groups excluding carboxylic acids is 3. The average molecular weight is 1190 g/mol. The zero-order valence-electron chi connectivity index (χ0n) is 50.2. The lowest BCUT2D eigenvalue weighted by molar-refractivity contribution is -0.141. The van der Waals surface area contributed by atoms with Gasteiger partial charge in [0.05, 0.1) is 64.4 Å². The van der Waals surface area contributed by atoms with Crippen LogP contribution in [-0.2, 0) is 23.9 Å². The number of hydrogen-bond acceptors (Lipinski definition) is 20. The summed E-state index contributed by atoms with van der Waals surface area (Å²) in [5, 5.41) is 27.7. The number of nitrogens with one attached hydrogen (secondary N) is 2. The molecule has 2 heterocycles. The van der Waals surface area contributed by atoms with Crippen LogP contribution in [0.4, 0.5) is 0 Å². The van der Waals surface area contributed by atoms with E-state index in [1.54, 1.807) is 69.3 Å². The van der Waals surface area contributed by atoms with Crippen molar-refractivity contribution >= 4 is 58.9 Å². The predicted octanol–water partition coefficient (Wildman–Crippen LogP) is 9.88. The third-order valence-corrected chi connectivity index (χ3v) is 10.8. The van der Waals surface area contributed by atoms with Crippen LogP contribution in [-0.4, -0.2) is 113 Å². The third-order valence-electron chi connectivity index (χ3n) is 9.94. The standard InChI is InChI=1S/C16H19N3O3.C10H11N3O.C10H13NOS.C9H11NOS.C9H9NO.C6H8O2.CH2O.H4N2/c1-11(2)22-15(20)5-6-19-10-17-16(18-19)13-7-12(3)8-14(9-13)21-4;1-7-3-8(5-9(4-7)14-2)10-11-6-12-13-10;1-7-4-8(10(11)13-3)6-9(5-7)12-2;1-6-3-7(9(10)12)5-8(4-6)11-2;1-7-3-8(6-10)5-9(4-7)11-2;1-4-6(7)8-5(2)3;2*1-2/h5-11H,1-4H3;3-6H,1-2H3,(H,11,12,13);4-6,11H,1-3H3;3-5H,1-2H3,(H2,10,12);3-5H,1-2H3;1,5H,2-3H3;1H2;1-2H2/b6-5-;;;;;;;. The summed E-state index contributed by atoms with van der Waals surface area (Å²) >= 11 is 6.28. The topological polar surface area (TPSA) is 314 Å². The second-order valence-electron chi connectivity index (χ2n) is 17.5. The molecule has 8 N–H and O–H groups in total. The Balaban J connectivity index is 0.000000998. The summed E-state index contributed by atoms with van der Waals surface area (Å²) in [7, 11) is 8.13. The molecule has 0 bridgehead atoms. The van der Waals surface area contributed by atoms with Gasteiger partial charge in [0.1, 0.15) is 53.2 Å². The maximum absolute atomic E-state index is 11.4. The van der Waals surface area contributed by atoms with Crippen molar-refractivity contribution in [2.45, 2.75) is 74.5 Å². The van der Waals surface area contributed by atoms with E-state index in [2.05, 4.69) is 47.8 Å². The normalized spacial score (nSPS) is 9.54. The molecule has 23 heteroatoms. The summed E-state index contributed by atoms with van der Waals surface area (Å²) in [5.74, 6) is 14.1. The molecule has 2 aromatic heterocycles. The molecule has 0 aliphatic heterocycles. The van der Waals surface area contributed by atoms with Crippen molar-refractivity contribution in [3.8, 4) is 69.9 Å². The highest BCUT2D eigenvalue weighted by atomic mass is 32.2. The molecule has 0 saturated heterocycles. The largest absolute Gasteiger partial charge is 0.497 e. The lowest BCUT2D eigenvalue weighted by Crippen LogP contribution is -2.09. The number of aryl methyl sites for hydroxylation is 5. The van der Waals surface area contributed by atoms with Crippen LogP contribution in [0.1, 0.15) is 72.2 Å². The van der Waals surface area contributed by atoms with Crippen molar-refractivity contribution in [2.24, 2.45) is 17.4 Å². The highest BCUT2D eigenvalue weighted by Gasteiger charge is 2.09. The number of terminal acetylenes is 1. The SMILES string of the molecule is C#CC(=O)OC(C)C.C=O.COc1cc(C)cc(-c2ncn(/C=C\C(=O)OC(C)C)n2)c1.COc1cc(C)cc(-c2ncn[nH]2)c1.COc1cc(C)cc(C#N)c1.COc1cc(C)cc(C(=N)SC)c1.COc1cc(C)cc(C(N)=S)c1.NN. The number of esters is 2. The van der Waals surface area contributed by atoms with Gasteiger partial charge < -0.3 is 43.7 Å². The number of methoxy groups -OCH3 is 5. The maximum atomic E-state index is 11.4. The second kappa shape index (κ2) is 41.6. The summed E-state index contributed by atoms with van der Waals surface area (Å²) in [6, 6.07) is 30.7. The Bertz CT molecular complexity index is 3260. The number of hydrazine groups is 1. The van der Waals surface area contributed by atoms with Gasteiger partial charge in [0, 0.05) is 40.5 Å². The van der Waals surface area contributed by atoms with Crippen LogP contribution in [0.2, 0.25) is 0 Å². The van der Waals surface area contributed by atoms with E-state index in [1.165, 1.54) is 41.4 Å². The van der Waals surface area contributed by atoms with Crippen LogP contribution in [0, 0.1) is 63.7 Å². The molecule has 0 spiro atoms. The lowest BCUT2D eigenvalue weighted by atomic mass is 10.1. The Labute approximate surface area is 502 Å². The summed E-state index contributed by atoms with van der Waals surface area (Å²) < 4.78 is 36.6. The molecule has 0 saturated carbocycles. The molecule has 21 nitrogen and oxygen atoms in total. The number of thiocarbonyl (C=S) groups is 1. The molecular formula is C61H77N11O10S2. The van der Waals surface area contributed by atoms with Gasteiger partial charge in [-0.1, -0.05) is 12.2 Å². The fourth-order valence-electron chi connectivity index (χ4n) is 6.53. The minimum Gasteiger partial charge on any atom is -0.497 e. The molecule has 0 aliphatic rings. The van der Waals surface area contributed by atoms with Gasteiger partial charge in [-0.25, -0.2) is 24.2 Å². The first-order valence-corrected chi connectivity index (χ1v) is 26.7. The fraction of sp³-hybridized carbons (Fsp3) is 0.279. The van der Waals surface area contributed by atoms with E-state index >= 15 is 0 Å². The Hall–Kier alpha value is -9.39. The average Bonchev–Trinajstić information content (AvgIpc) is 4.27. The van der Waals surface area contributed by atoms with Gasteiger partial charge >= 0.3 is 11.9 Å². The van der Waals surface area contributed by atoms with Gasteiger partial charge in [0.25, 0.3) is 0 Å². The number of hydrogen-bond donors (Lipinski definition) is 5. The zero-order valence-corrected chi connectivity index (χ0v) is 51.9. The van der Waals surface area contributed by atoms with E-state index in [9.17, 15) is 9.59 Å². The summed E-state index contributed by atoms with van der Waals surface area (Å²) in [6.07, 6.45) is 12.2. The first-order chi connectivity index (χ1) is 40.0. The van der Waals surface area contributed by atoms with Crippen molar-refractivity contribution < 1.29 is 47.5 Å². The smallest absolute Gasteiger partial charge is 0.384 e. The van der Waals surface area contributed by atoms with E-state index in [4.69, 9.17) is 68.3 Å². The molecule has 0 radical (unpaired) electrons. The molecule has 5 aromatic carbocycles. The minimum atomic E-state index is -0.597. The van der Waals surface area contributed by atoms with Gasteiger partial charge in [-0.3, -0.25) is 22.2 Å². The zero-order chi connectivity index (χ0) is 63.9. The lowest BCUT2D eigenvalue weighted by Gasteiger charge is -2.05. The number of nitrogens with two attached hydrogens (primary N) is 3. The van der Waals surface area contributed by atoms with Gasteiger partial charge in [0.2, 0.25) is 0 Å². The number of rotatable bonds is 13. The number of thioether (sulfide) groups is 1. The quantitative estimate of drug-likeness (QED) is 0.00825. The van der Waals surface area contributed by atoms with Gasteiger partial charge in [0.15, 0.2) is 11.6 Å². The van der Waals surface area contributed by atoms with E-state index in [0.717, 1.165) is 84.6 Å². The first-order valence-electron chi connectivity index (χ1n) is 25.1. The molecule has 7 aromatic rings. The number of nitriles is 1. The van der Waals surface area contributed by atoms with E-state index in [-0.39, 0.29) is 12.2 Å². The number of carbonyl (C=O) groups is 3. The molecule has 0 atom stereocenters. The van der Waals surface area contributed by atoms with Crippen LogP contribution < -0.4 is 41.1 Å². The number of H-pyrrole nitrogens is 1. The van der Waals surface area contributed by atoms with Crippen molar-refractivity contribution in [2.75, 3.05) is 41.8 Å². The van der Waals surface area contributed by atoms with Crippen LogP contribution in [0.15, 0.2) is 110 Å². The highest BCUT2D eigenvalue weighted by Crippen LogP contribution is 2.25. The maximum Gasteiger partial charge on any atom is 0.384 e. The summed E-state index contributed by atoms with van der Waals surface area (Å²) in [4.78, 5) is 38.3. The van der Waals surface area contributed by atoms with E-state index in [1.807, 2.05) is 139 Å². The van der Waals surface area contributed by atoms with Crippen molar-refractivity contribution in [1.82, 2.24) is 29.9 Å². The molecule has 0 fully saturated rings. The third kappa shape index (κ3) is 29.9. The Morgan fingerprint density at radius 3 is 1.56 bits per heavy atom. The summed E-state index contributed by atoms with van der Waals surface area (Å²) in [5.41, 5.74) is 15.2. The predicted molar refractivity (Wildman–Crippen MR) is 336 cm³/mol. The van der Waals surface area contributed by atoms with E-state index < -0.39 is 11.9 Å². The molecule has 84 heavy (non-hydrogen) atoms. The fourth-order valence-corrected chi connectivity index (χ4v) is 7.00. The van der Waals surface area contributed by atoms with Crippen LogP contribution in [0.3, 0.4) is 0 Å². The number of benzene rings is 5. The monoisotopic (exact) mass is 1190 g/mol. The molecule has 0 unspecified atom stereocenters. The van der Waals surface area contributed by atoms with E-state index in [0.29, 0.717) is 21.4 Å². The molecule has 7 rings (SSSR count). The number of nitrogens with zero attached hydrogens (tertiary/aromatic N) is 6. The minimum absolute atomic E-state index is 0.112.